The van der Waals surface area contributed by atoms with E-state index in [1.54, 1.807) is 36.1 Å². The summed E-state index contributed by atoms with van der Waals surface area (Å²) in [5.41, 5.74) is 2.64. The Hall–Kier alpha value is -4.32. The lowest BCUT2D eigenvalue weighted by Crippen LogP contribution is -2.27. The van der Waals surface area contributed by atoms with Gasteiger partial charge in [-0.15, -0.1) is 5.10 Å². The molecule has 196 valence electrons. The Bertz CT molecular complexity index is 1620. The second-order valence-corrected chi connectivity index (χ2v) is 11.0. The topological polar surface area (TPSA) is 139 Å². The molecular weight excluding hydrogens is 511 g/mol. The number of aromatic nitrogens is 4. The van der Waals surface area contributed by atoms with Crippen LogP contribution in [-0.2, 0) is 21.2 Å². The lowest BCUT2D eigenvalue weighted by Gasteiger charge is -2.11. The van der Waals surface area contributed by atoms with E-state index in [1.165, 1.54) is 30.4 Å². The Labute approximate surface area is 218 Å². The number of hydrogen-bond acceptors (Lipinski definition) is 6. The summed E-state index contributed by atoms with van der Waals surface area (Å²) in [4.78, 5) is 28.8. The molecule has 1 aliphatic heterocycles. The molecule has 10 nitrogen and oxygen atoms in total. The van der Waals surface area contributed by atoms with Crippen LogP contribution in [-0.4, -0.2) is 52.5 Å². The van der Waals surface area contributed by atoms with Crippen molar-refractivity contribution in [3.63, 3.8) is 0 Å². The molecule has 0 spiro atoms. The maximum Gasteiger partial charge on any atom is 0.256 e. The number of rotatable bonds is 8. The standard InChI is InChI=1S/C26H25FN6O4S/c1-16-12-21(25(34)28-8-10-33-11-9-29-32-33)24(30-16)14-20-19-13-18(6-7-23(19)31-26(20)35)38(36,37)15-17-4-2-3-5-22(17)27/h2,4,6-7,9,11-14,30H,3,5,8,10,15H2,1H3,(H,28,34)(H,31,35)/b20-14-. The summed E-state index contributed by atoms with van der Waals surface area (Å²) in [5.74, 6) is -1.66. The monoisotopic (exact) mass is 536 g/mol. The fourth-order valence-electron chi connectivity index (χ4n) is 4.39. The minimum absolute atomic E-state index is 0.0216. The van der Waals surface area contributed by atoms with Crippen molar-refractivity contribution < 1.29 is 22.4 Å². The van der Waals surface area contributed by atoms with Crippen LogP contribution in [0.15, 0.2) is 65.1 Å². The van der Waals surface area contributed by atoms with Crippen molar-refractivity contribution in [1.82, 2.24) is 25.3 Å². The molecule has 0 fully saturated rings. The van der Waals surface area contributed by atoms with Gasteiger partial charge >= 0.3 is 0 Å². The molecule has 3 aromatic rings. The van der Waals surface area contributed by atoms with Crippen LogP contribution in [0.1, 0.15) is 40.2 Å². The number of nitrogens with one attached hydrogen (secondary N) is 3. The van der Waals surface area contributed by atoms with Crippen molar-refractivity contribution in [1.29, 1.82) is 0 Å². The maximum absolute atomic E-state index is 14.2. The van der Waals surface area contributed by atoms with Gasteiger partial charge in [0.1, 0.15) is 5.83 Å². The fourth-order valence-corrected chi connectivity index (χ4v) is 5.79. The number of carbonyl (C=O) groups is 2. The highest BCUT2D eigenvalue weighted by atomic mass is 32.2. The number of hydrogen-bond donors (Lipinski definition) is 3. The number of aryl methyl sites for hydroxylation is 1. The number of allylic oxidation sites excluding steroid dienone is 3. The molecule has 0 saturated heterocycles. The molecule has 1 aromatic carbocycles. The largest absolute Gasteiger partial charge is 0.358 e. The minimum atomic E-state index is -3.87. The van der Waals surface area contributed by atoms with Crippen molar-refractivity contribution in [3.05, 3.63) is 82.7 Å². The van der Waals surface area contributed by atoms with Crippen LogP contribution in [0.4, 0.5) is 10.1 Å². The third kappa shape index (κ3) is 5.21. The molecule has 12 heteroatoms. The Balaban J connectivity index is 1.42. The number of nitrogens with zero attached hydrogens (tertiary/aromatic N) is 3. The summed E-state index contributed by atoms with van der Waals surface area (Å²) in [6.45, 7) is 2.55. The van der Waals surface area contributed by atoms with E-state index in [1.807, 2.05) is 0 Å². The molecule has 0 bridgehead atoms. The summed E-state index contributed by atoms with van der Waals surface area (Å²) >= 11 is 0. The Morgan fingerprint density at radius 1 is 1.29 bits per heavy atom. The molecule has 0 atom stereocenters. The van der Waals surface area contributed by atoms with Crippen molar-refractivity contribution in [2.75, 3.05) is 17.6 Å². The lowest BCUT2D eigenvalue weighted by atomic mass is 10.0. The van der Waals surface area contributed by atoms with E-state index >= 15 is 0 Å². The number of benzene rings is 1. The van der Waals surface area contributed by atoms with Gasteiger partial charge in [-0.1, -0.05) is 17.4 Å². The minimum Gasteiger partial charge on any atom is -0.358 e. The molecule has 3 N–H and O–H groups in total. The van der Waals surface area contributed by atoms with Crippen LogP contribution < -0.4 is 10.6 Å². The Morgan fingerprint density at radius 2 is 2.13 bits per heavy atom. The van der Waals surface area contributed by atoms with Gasteiger partial charge in [0.05, 0.1) is 40.2 Å². The zero-order valence-corrected chi connectivity index (χ0v) is 21.3. The molecule has 1 aliphatic carbocycles. The third-order valence-electron chi connectivity index (χ3n) is 6.29. The first-order valence-corrected chi connectivity index (χ1v) is 13.6. The Morgan fingerprint density at radius 3 is 2.89 bits per heavy atom. The van der Waals surface area contributed by atoms with E-state index < -0.39 is 27.3 Å². The first kappa shape index (κ1) is 25.3. The van der Waals surface area contributed by atoms with Crippen LogP contribution in [0.5, 0.6) is 0 Å². The van der Waals surface area contributed by atoms with Crippen molar-refractivity contribution in [3.8, 4) is 0 Å². The van der Waals surface area contributed by atoms with Gasteiger partial charge in [-0.25, -0.2) is 12.8 Å². The maximum atomic E-state index is 14.2. The number of fused-ring (bicyclic) bond motifs is 1. The molecule has 0 saturated carbocycles. The number of halogens is 1. The molecule has 0 unspecified atom stereocenters. The van der Waals surface area contributed by atoms with Gasteiger partial charge in [-0.05, 0) is 49.3 Å². The molecular formula is C26H25FN6O4S. The highest BCUT2D eigenvalue weighted by molar-refractivity contribution is 7.91. The quantitative estimate of drug-likeness (QED) is 0.378. The van der Waals surface area contributed by atoms with E-state index in [0.717, 1.165) is 0 Å². The van der Waals surface area contributed by atoms with E-state index in [2.05, 4.69) is 25.9 Å². The summed E-state index contributed by atoms with van der Waals surface area (Å²) in [6.07, 6.45) is 8.74. The highest BCUT2D eigenvalue weighted by Gasteiger charge is 2.28. The van der Waals surface area contributed by atoms with Crippen LogP contribution in [0.3, 0.4) is 0 Å². The van der Waals surface area contributed by atoms with Gasteiger partial charge < -0.3 is 15.6 Å². The van der Waals surface area contributed by atoms with Crippen LogP contribution in [0.25, 0.3) is 11.6 Å². The zero-order valence-electron chi connectivity index (χ0n) is 20.5. The van der Waals surface area contributed by atoms with Gasteiger partial charge in [-0.3, -0.25) is 14.3 Å². The summed E-state index contributed by atoms with van der Waals surface area (Å²) in [5, 5.41) is 13.1. The van der Waals surface area contributed by atoms with Gasteiger partial charge in [0.15, 0.2) is 9.84 Å². The third-order valence-corrected chi connectivity index (χ3v) is 7.95. The molecule has 38 heavy (non-hydrogen) atoms. The predicted molar refractivity (Wildman–Crippen MR) is 139 cm³/mol. The number of carbonyl (C=O) groups excluding carboxylic acids is 2. The van der Waals surface area contributed by atoms with Crippen LogP contribution >= 0.6 is 0 Å². The summed E-state index contributed by atoms with van der Waals surface area (Å²) < 4.78 is 42.0. The highest BCUT2D eigenvalue weighted by Crippen LogP contribution is 2.36. The first-order chi connectivity index (χ1) is 18.2. The van der Waals surface area contributed by atoms with Gasteiger partial charge in [0, 0.05) is 36.1 Å². The second-order valence-electron chi connectivity index (χ2n) is 9.05. The van der Waals surface area contributed by atoms with Crippen molar-refractivity contribution in [2.24, 2.45) is 0 Å². The average Bonchev–Trinajstić information content (AvgIpc) is 3.60. The lowest BCUT2D eigenvalue weighted by molar-refractivity contribution is -0.110. The van der Waals surface area contributed by atoms with E-state index in [-0.39, 0.29) is 28.4 Å². The molecule has 2 aliphatic rings. The zero-order chi connectivity index (χ0) is 26.9. The Kier molecular flexibility index (Phi) is 6.81. The van der Waals surface area contributed by atoms with E-state index in [9.17, 15) is 22.4 Å². The first-order valence-electron chi connectivity index (χ1n) is 12.0. The number of amides is 2. The van der Waals surface area contributed by atoms with Crippen molar-refractivity contribution >= 4 is 39.0 Å². The predicted octanol–water partition coefficient (Wildman–Crippen LogP) is 3.18. The van der Waals surface area contributed by atoms with Gasteiger partial charge in [0.2, 0.25) is 0 Å². The number of H-pyrrole nitrogens is 1. The van der Waals surface area contributed by atoms with Gasteiger partial charge in [0.25, 0.3) is 11.8 Å². The summed E-state index contributed by atoms with van der Waals surface area (Å²) in [6, 6.07) is 5.99. The molecule has 0 radical (unpaired) electrons. The molecule has 3 heterocycles. The molecule has 2 amide bonds. The number of sulfone groups is 1. The smallest absolute Gasteiger partial charge is 0.256 e. The number of anilines is 1. The number of aromatic amines is 1. The van der Waals surface area contributed by atoms with E-state index in [0.29, 0.717) is 47.7 Å². The molecule has 2 aromatic heterocycles. The van der Waals surface area contributed by atoms with Gasteiger partial charge in [-0.2, -0.15) is 0 Å². The molecule has 5 rings (SSSR count). The average molecular weight is 537 g/mol. The second kappa shape index (κ2) is 10.2. The fraction of sp³-hybridized carbons (Fsp3) is 0.231. The normalized spacial score (nSPS) is 16.2. The van der Waals surface area contributed by atoms with Crippen LogP contribution in [0.2, 0.25) is 0 Å². The van der Waals surface area contributed by atoms with Crippen LogP contribution in [0, 0.1) is 6.92 Å². The van der Waals surface area contributed by atoms with E-state index in [4.69, 9.17) is 0 Å². The van der Waals surface area contributed by atoms with Crippen molar-refractivity contribution in [2.45, 2.75) is 31.2 Å². The summed E-state index contributed by atoms with van der Waals surface area (Å²) in [7, 11) is -3.87. The SMILES string of the molecule is Cc1cc(C(=O)NCCn2ccnn2)c(/C=C2\C(=O)Nc3ccc(S(=O)(=O)CC4=C(F)CCC=C4)cc32)[nH]1.